The number of amides is 1. The molecule has 3 rings (SSSR count). The first-order valence-electron chi connectivity index (χ1n) is 10.4. The molecule has 0 spiro atoms. The van der Waals surface area contributed by atoms with Crippen molar-refractivity contribution in [2.24, 2.45) is 0 Å². The first kappa shape index (κ1) is 21.7. The number of nitrogens with zero attached hydrogens (tertiary/aromatic N) is 2. The van der Waals surface area contributed by atoms with Crippen molar-refractivity contribution in [3.8, 4) is 5.69 Å². The van der Waals surface area contributed by atoms with Crippen molar-refractivity contribution in [2.45, 2.75) is 65.0 Å². The van der Waals surface area contributed by atoms with Crippen molar-refractivity contribution in [3.63, 3.8) is 0 Å². The van der Waals surface area contributed by atoms with E-state index in [4.69, 9.17) is 4.74 Å². The number of carbonyl (C=O) groups is 2. The van der Waals surface area contributed by atoms with Crippen LogP contribution >= 0.6 is 0 Å². The van der Waals surface area contributed by atoms with Gasteiger partial charge in [0.15, 0.2) is 6.10 Å². The third-order valence-electron chi connectivity index (χ3n) is 5.42. The molecule has 30 heavy (non-hydrogen) atoms. The van der Waals surface area contributed by atoms with Crippen molar-refractivity contribution in [1.82, 2.24) is 15.1 Å². The Morgan fingerprint density at radius 1 is 1.20 bits per heavy atom. The van der Waals surface area contributed by atoms with Crippen LogP contribution in [0.15, 0.2) is 30.3 Å². The minimum atomic E-state index is -0.854. The van der Waals surface area contributed by atoms with Gasteiger partial charge in [0.25, 0.3) is 5.91 Å². The van der Waals surface area contributed by atoms with Crippen molar-refractivity contribution in [3.05, 3.63) is 53.1 Å². The quantitative estimate of drug-likeness (QED) is 0.573. The number of esters is 1. The van der Waals surface area contributed by atoms with Gasteiger partial charge in [0.05, 0.1) is 11.4 Å². The van der Waals surface area contributed by atoms with E-state index in [0.29, 0.717) is 0 Å². The van der Waals surface area contributed by atoms with E-state index in [1.54, 1.807) is 29.8 Å². The molecule has 160 valence electrons. The Balaban J connectivity index is 1.61. The highest BCUT2D eigenvalue weighted by Crippen LogP contribution is 2.20. The fourth-order valence-electron chi connectivity index (χ4n) is 3.71. The summed E-state index contributed by atoms with van der Waals surface area (Å²) in [6.45, 7) is 5.28. The zero-order valence-electron chi connectivity index (χ0n) is 17.7. The third-order valence-corrected chi connectivity index (χ3v) is 5.42. The molecule has 0 radical (unpaired) electrons. The molecule has 7 heteroatoms. The second kappa shape index (κ2) is 9.69. The lowest BCUT2D eigenvalue weighted by molar-refractivity contribution is -0.150. The average Bonchev–Trinajstić information content (AvgIpc) is 3.01. The van der Waals surface area contributed by atoms with Gasteiger partial charge < -0.3 is 10.1 Å². The lowest BCUT2D eigenvalue weighted by atomic mass is 9.95. The van der Waals surface area contributed by atoms with Crippen LogP contribution in [-0.4, -0.2) is 33.8 Å². The number of nitrogens with one attached hydrogen (secondary N) is 1. The highest BCUT2D eigenvalue weighted by molar-refractivity contribution is 5.90. The van der Waals surface area contributed by atoms with Gasteiger partial charge in [0.2, 0.25) is 0 Å². The lowest BCUT2D eigenvalue weighted by Gasteiger charge is -2.24. The molecule has 1 aromatic heterocycles. The molecular weight excluding hydrogens is 385 g/mol. The Labute approximate surface area is 176 Å². The Hall–Kier alpha value is -2.96. The SMILES string of the molecule is Cc1nn(-c2ccc(F)cc2)c(C)c1/C=C/C(=O)OC(C)C(=O)NC1CCCCC1. The Morgan fingerprint density at radius 2 is 1.87 bits per heavy atom. The van der Waals surface area contributed by atoms with Gasteiger partial charge >= 0.3 is 5.97 Å². The number of ether oxygens (including phenoxy) is 1. The van der Waals surface area contributed by atoms with Gasteiger partial charge in [-0.3, -0.25) is 4.79 Å². The maximum atomic E-state index is 13.2. The fourth-order valence-corrected chi connectivity index (χ4v) is 3.71. The van der Waals surface area contributed by atoms with Crippen LogP contribution in [0, 0.1) is 19.7 Å². The topological polar surface area (TPSA) is 73.2 Å². The number of aryl methyl sites for hydroxylation is 1. The van der Waals surface area contributed by atoms with E-state index in [1.165, 1.54) is 24.6 Å². The van der Waals surface area contributed by atoms with Gasteiger partial charge in [-0.25, -0.2) is 13.9 Å². The van der Waals surface area contributed by atoms with Gasteiger partial charge in [0.1, 0.15) is 5.82 Å². The van der Waals surface area contributed by atoms with Crippen LogP contribution in [0.1, 0.15) is 56.0 Å². The van der Waals surface area contributed by atoms with E-state index in [-0.39, 0.29) is 17.8 Å². The van der Waals surface area contributed by atoms with Crippen molar-refractivity contribution < 1.29 is 18.7 Å². The van der Waals surface area contributed by atoms with E-state index in [0.717, 1.165) is 48.3 Å². The van der Waals surface area contributed by atoms with Crippen LogP contribution < -0.4 is 5.32 Å². The minimum Gasteiger partial charge on any atom is -0.449 e. The van der Waals surface area contributed by atoms with Crippen LogP contribution in [0.25, 0.3) is 11.8 Å². The molecule has 1 fully saturated rings. The second-order valence-corrected chi connectivity index (χ2v) is 7.73. The summed E-state index contributed by atoms with van der Waals surface area (Å²) in [4.78, 5) is 24.5. The summed E-state index contributed by atoms with van der Waals surface area (Å²) < 4.78 is 20.1. The number of rotatable bonds is 6. The van der Waals surface area contributed by atoms with Crippen molar-refractivity contribution in [2.75, 3.05) is 0 Å². The van der Waals surface area contributed by atoms with Crippen LogP contribution in [0.2, 0.25) is 0 Å². The van der Waals surface area contributed by atoms with Gasteiger partial charge in [0, 0.05) is 23.4 Å². The lowest BCUT2D eigenvalue weighted by Crippen LogP contribution is -2.42. The summed E-state index contributed by atoms with van der Waals surface area (Å²) >= 11 is 0. The average molecular weight is 413 g/mol. The third kappa shape index (κ3) is 5.34. The smallest absolute Gasteiger partial charge is 0.331 e. The predicted molar refractivity (Wildman–Crippen MR) is 113 cm³/mol. The number of halogens is 1. The molecule has 1 unspecified atom stereocenters. The first-order chi connectivity index (χ1) is 14.3. The molecule has 6 nitrogen and oxygen atoms in total. The summed E-state index contributed by atoms with van der Waals surface area (Å²) in [6, 6.07) is 6.20. The molecular formula is C23H28FN3O3. The number of carbonyl (C=O) groups excluding carboxylic acids is 2. The molecule has 0 bridgehead atoms. The van der Waals surface area contributed by atoms with Crippen LogP contribution in [-0.2, 0) is 14.3 Å². The Kier molecular flexibility index (Phi) is 7.03. The molecule has 0 aliphatic heterocycles. The molecule has 1 heterocycles. The van der Waals surface area contributed by atoms with Gasteiger partial charge in [-0.05, 0) is 64.0 Å². The molecule has 0 saturated heterocycles. The van der Waals surface area contributed by atoms with Crippen LogP contribution in [0.4, 0.5) is 4.39 Å². The molecule has 1 N–H and O–H groups in total. The maximum absolute atomic E-state index is 13.2. The largest absolute Gasteiger partial charge is 0.449 e. The summed E-state index contributed by atoms with van der Waals surface area (Å²) in [6.07, 6.45) is 7.47. The van der Waals surface area contributed by atoms with E-state index >= 15 is 0 Å². The predicted octanol–water partition coefficient (Wildman–Crippen LogP) is 4.02. The van der Waals surface area contributed by atoms with E-state index < -0.39 is 12.1 Å². The van der Waals surface area contributed by atoms with Crippen LogP contribution in [0.5, 0.6) is 0 Å². The Morgan fingerprint density at radius 3 is 2.53 bits per heavy atom. The molecule has 1 amide bonds. The zero-order chi connectivity index (χ0) is 21.7. The van der Waals surface area contributed by atoms with Crippen LogP contribution in [0.3, 0.4) is 0 Å². The number of hydrogen-bond donors (Lipinski definition) is 1. The van der Waals surface area contributed by atoms with Crippen molar-refractivity contribution >= 4 is 18.0 Å². The van der Waals surface area contributed by atoms with Gasteiger partial charge in [-0.1, -0.05) is 19.3 Å². The van der Waals surface area contributed by atoms with Gasteiger partial charge in [-0.2, -0.15) is 5.10 Å². The number of benzene rings is 1. The summed E-state index contributed by atoms with van der Waals surface area (Å²) in [7, 11) is 0. The Bertz CT molecular complexity index is 928. The first-order valence-corrected chi connectivity index (χ1v) is 10.4. The zero-order valence-corrected chi connectivity index (χ0v) is 17.7. The molecule has 1 aliphatic rings. The number of aromatic nitrogens is 2. The van der Waals surface area contributed by atoms with E-state index in [2.05, 4.69) is 10.4 Å². The van der Waals surface area contributed by atoms with Crippen molar-refractivity contribution in [1.29, 1.82) is 0 Å². The normalized spacial score (nSPS) is 15.9. The minimum absolute atomic E-state index is 0.172. The molecule has 1 saturated carbocycles. The van der Waals surface area contributed by atoms with E-state index in [1.807, 2.05) is 13.8 Å². The molecule has 1 aromatic carbocycles. The molecule has 2 aromatic rings. The highest BCUT2D eigenvalue weighted by atomic mass is 19.1. The summed E-state index contributed by atoms with van der Waals surface area (Å²) in [5.74, 6) is -1.17. The highest BCUT2D eigenvalue weighted by Gasteiger charge is 2.21. The summed E-state index contributed by atoms with van der Waals surface area (Å²) in [5, 5.41) is 7.43. The molecule has 1 aliphatic carbocycles. The monoisotopic (exact) mass is 413 g/mol. The molecule has 1 atom stereocenters. The number of hydrogen-bond acceptors (Lipinski definition) is 4. The standard InChI is InChI=1S/C23H28FN3O3/c1-15-21(16(2)27(26-15)20-11-9-18(24)10-12-20)13-14-22(28)30-17(3)23(29)25-19-7-5-4-6-8-19/h9-14,17,19H,4-8H2,1-3H3,(H,25,29)/b14-13+. The van der Waals surface area contributed by atoms with Gasteiger partial charge in [-0.15, -0.1) is 0 Å². The fraction of sp³-hybridized carbons (Fsp3) is 0.435. The summed E-state index contributed by atoms with van der Waals surface area (Å²) in [5.41, 5.74) is 3.04. The van der Waals surface area contributed by atoms with E-state index in [9.17, 15) is 14.0 Å². The maximum Gasteiger partial charge on any atom is 0.331 e. The second-order valence-electron chi connectivity index (χ2n) is 7.73.